The van der Waals surface area contributed by atoms with Crippen molar-refractivity contribution in [1.82, 2.24) is 4.98 Å². The normalized spacial score (nSPS) is 14.3. The summed E-state index contributed by atoms with van der Waals surface area (Å²) in [7, 11) is 0. The third-order valence-corrected chi connectivity index (χ3v) is 5.74. The van der Waals surface area contributed by atoms with Gasteiger partial charge in [-0.15, -0.1) is 0 Å². The van der Waals surface area contributed by atoms with Crippen LogP contribution in [0.3, 0.4) is 0 Å². The van der Waals surface area contributed by atoms with E-state index in [1.807, 2.05) is 24.3 Å². The lowest BCUT2D eigenvalue weighted by atomic mass is 10.0. The van der Waals surface area contributed by atoms with Gasteiger partial charge in [0.1, 0.15) is 0 Å². The van der Waals surface area contributed by atoms with Gasteiger partial charge in [-0.25, -0.2) is 9.78 Å². The van der Waals surface area contributed by atoms with Crippen molar-refractivity contribution in [3.63, 3.8) is 0 Å². The minimum Gasteiger partial charge on any atom is -0.478 e. The van der Waals surface area contributed by atoms with E-state index >= 15 is 0 Å². The van der Waals surface area contributed by atoms with Crippen LogP contribution in [0.4, 0.5) is 5.69 Å². The second-order valence-corrected chi connectivity index (χ2v) is 7.88. The number of hydrogen-bond donors (Lipinski definition) is 1. The monoisotopic (exact) mass is 400 g/mol. The van der Waals surface area contributed by atoms with Crippen molar-refractivity contribution in [1.29, 1.82) is 0 Å². The zero-order chi connectivity index (χ0) is 21.1. The number of carboxylic acids is 1. The smallest absolute Gasteiger partial charge is 0.336 e. The largest absolute Gasteiger partial charge is 0.478 e. The Morgan fingerprint density at radius 2 is 1.73 bits per heavy atom. The molecule has 0 saturated heterocycles. The summed E-state index contributed by atoms with van der Waals surface area (Å²) in [5, 5.41) is 10.6. The number of rotatable bonds is 7. The molecule has 154 valence electrons. The molecule has 0 radical (unpaired) electrons. The maximum absolute atomic E-state index is 12.0. The molecule has 2 aromatic carbocycles. The number of benzene rings is 2. The molecule has 0 aliphatic heterocycles. The van der Waals surface area contributed by atoms with Crippen LogP contribution in [-0.4, -0.2) is 29.1 Å². The van der Waals surface area contributed by atoms with Crippen molar-refractivity contribution in [3.05, 3.63) is 70.9 Å². The van der Waals surface area contributed by atoms with Gasteiger partial charge in [-0.05, 0) is 66.7 Å². The van der Waals surface area contributed by atoms with Gasteiger partial charge in [0.2, 0.25) is 0 Å². The van der Waals surface area contributed by atoms with Gasteiger partial charge < -0.3 is 10.0 Å². The van der Waals surface area contributed by atoms with Crippen LogP contribution in [0.1, 0.15) is 60.3 Å². The molecule has 0 fully saturated rings. The van der Waals surface area contributed by atoms with Crippen LogP contribution in [0.5, 0.6) is 0 Å². The lowest BCUT2D eigenvalue weighted by Gasteiger charge is -2.23. The fraction of sp³-hybridized carbons (Fsp3) is 0.308. The van der Waals surface area contributed by atoms with Gasteiger partial charge in [-0.2, -0.15) is 0 Å². The number of nitrogens with zero attached hydrogens (tertiary/aromatic N) is 2. The summed E-state index contributed by atoms with van der Waals surface area (Å²) in [5.41, 5.74) is 6.35. The Balaban J connectivity index is 1.70. The Bertz CT molecular complexity index is 1090. The molecule has 4 heteroatoms. The van der Waals surface area contributed by atoms with Crippen LogP contribution in [0.2, 0.25) is 0 Å². The Kier molecular flexibility index (Phi) is 5.84. The fourth-order valence-corrected chi connectivity index (χ4v) is 4.42. The van der Waals surface area contributed by atoms with E-state index in [-0.39, 0.29) is 0 Å². The van der Waals surface area contributed by atoms with Crippen molar-refractivity contribution in [2.24, 2.45) is 0 Å². The highest BCUT2D eigenvalue weighted by molar-refractivity contribution is 6.06. The van der Waals surface area contributed by atoms with Crippen molar-refractivity contribution in [3.8, 4) is 0 Å². The van der Waals surface area contributed by atoms with Gasteiger partial charge >= 0.3 is 5.97 Å². The number of carboxylic acid groups (broad SMARTS) is 1. The summed E-state index contributed by atoms with van der Waals surface area (Å²) < 4.78 is 0. The first kappa shape index (κ1) is 20.1. The Hall–Kier alpha value is -3.14. The van der Waals surface area contributed by atoms with E-state index in [9.17, 15) is 9.90 Å². The average Bonchev–Trinajstić information content (AvgIpc) is 3.14. The molecule has 0 atom stereocenters. The lowest BCUT2D eigenvalue weighted by Crippen LogP contribution is -2.24. The molecule has 1 aliphatic carbocycles. The summed E-state index contributed by atoms with van der Waals surface area (Å²) in [4.78, 5) is 19.3. The minimum absolute atomic E-state index is 0.407. The molecule has 0 unspecified atom stereocenters. The molecular weight excluding hydrogens is 372 g/mol. The lowest BCUT2D eigenvalue weighted by molar-refractivity contribution is 0.0698. The van der Waals surface area contributed by atoms with Crippen molar-refractivity contribution in [2.45, 2.75) is 39.5 Å². The predicted octanol–water partition coefficient (Wildman–Crippen LogP) is 6.05. The first-order chi connectivity index (χ1) is 14.6. The first-order valence-corrected chi connectivity index (χ1v) is 10.8. The summed E-state index contributed by atoms with van der Waals surface area (Å²) >= 11 is 0. The number of pyridine rings is 1. The van der Waals surface area contributed by atoms with Crippen LogP contribution >= 0.6 is 0 Å². The van der Waals surface area contributed by atoms with Crippen molar-refractivity contribution < 1.29 is 9.90 Å². The highest BCUT2D eigenvalue weighted by atomic mass is 16.4. The summed E-state index contributed by atoms with van der Waals surface area (Å²) in [5.74, 6) is -0.873. The molecule has 0 bridgehead atoms. The second-order valence-electron chi connectivity index (χ2n) is 7.88. The highest BCUT2D eigenvalue weighted by Gasteiger charge is 2.26. The molecule has 0 amide bonds. The molecule has 0 spiro atoms. The molecule has 0 saturated carbocycles. The number of anilines is 1. The Morgan fingerprint density at radius 1 is 1.03 bits per heavy atom. The van der Waals surface area contributed by atoms with Crippen LogP contribution in [0.25, 0.3) is 22.6 Å². The number of para-hydroxylation sites is 1. The van der Waals surface area contributed by atoms with E-state index in [1.54, 1.807) is 0 Å². The number of hydrogen-bond acceptors (Lipinski definition) is 3. The maximum Gasteiger partial charge on any atom is 0.336 e. The molecule has 1 aromatic heterocycles. The third kappa shape index (κ3) is 3.82. The summed E-state index contributed by atoms with van der Waals surface area (Å²) in [6.45, 7) is 6.55. The van der Waals surface area contributed by atoms with E-state index in [4.69, 9.17) is 4.98 Å². The highest BCUT2D eigenvalue weighted by Crippen LogP contribution is 2.37. The summed E-state index contributed by atoms with van der Waals surface area (Å²) in [6.07, 6.45) is 5.97. The van der Waals surface area contributed by atoms with Crippen LogP contribution < -0.4 is 4.90 Å². The SMILES string of the molecule is CCCN(CCC)c1ccc(/C=C2/CCc3c2nc2ccccc2c3C(=O)O)cc1. The van der Waals surface area contributed by atoms with E-state index in [1.165, 1.54) is 5.69 Å². The number of carbonyl (C=O) groups is 1. The van der Waals surface area contributed by atoms with Crippen molar-refractivity contribution >= 4 is 34.2 Å². The molecule has 30 heavy (non-hydrogen) atoms. The Labute approximate surface area is 177 Å². The van der Waals surface area contributed by atoms with E-state index < -0.39 is 5.97 Å². The van der Waals surface area contributed by atoms with Gasteiger partial charge in [0.15, 0.2) is 0 Å². The average molecular weight is 401 g/mol. The number of fused-ring (bicyclic) bond motifs is 2. The zero-order valence-corrected chi connectivity index (χ0v) is 17.7. The molecule has 4 rings (SSSR count). The first-order valence-electron chi connectivity index (χ1n) is 10.8. The number of aromatic carboxylic acids is 1. The molecule has 1 aliphatic rings. The van der Waals surface area contributed by atoms with Gasteiger partial charge in [0, 0.05) is 24.2 Å². The second kappa shape index (κ2) is 8.70. The number of aromatic nitrogens is 1. The van der Waals surface area contributed by atoms with Gasteiger partial charge in [0.05, 0.1) is 16.8 Å². The van der Waals surface area contributed by atoms with E-state index in [0.29, 0.717) is 5.56 Å². The molecule has 1 N–H and O–H groups in total. The molecule has 1 heterocycles. The molecular formula is C26H28N2O2. The molecule has 4 nitrogen and oxygen atoms in total. The zero-order valence-electron chi connectivity index (χ0n) is 17.7. The van der Waals surface area contributed by atoms with Crippen LogP contribution in [0, 0.1) is 0 Å². The number of allylic oxidation sites excluding steroid dienone is 1. The van der Waals surface area contributed by atoms with E-state index in [0.717, 1.165) is 72.1 Å². The van der Waals surface area contributed by atoms with Crippen LogP contribution in [-0.2, 0) is 6.42 Å². The quantitative estimate of drug-likeness (QED) is 0.525. The van der Waals surface area contributed by atoms with Crippen LogP contribution in [0.15, 0.2) is 48.5 Å². The topological polar surface area (TPSA) is 53.4 Å². The van der Waals surface area contributed by atoms with Crippen molar-refractivity contribution in [2.75, 3.05) is 18.0 Å². The predicted molar refractivity (Wildman–Crippen MR) is 124 cm³/mol. The molecule has 3 aromatic rings. The third-order valence-electron chi connectivity index (χ3n) is 5.74. The Morgan fingerprint density at radius 3 is 2.40 bits per heavy atom. The van der Waals surface area contributed by atoms with E-state index in [2.05, 4.69) is 49.1 Å². The van der Waals surface area contributed by atoms with Gasteiger partial charge in [0.25, 0.3) is 0 Å². The van der Waals surface area contributed by atoms with Gasteiger partial charge in [-0.3, -0.25) is 0 Å². The maximum atomic E-state index is 12.0. The fourth-order valence-electron chi connectivity index (χ4n) is 4.42. The summed E-state index contributed by atoms with van der Waals surface area (Å²) in [6, 6.07) is 16.2. The minimum atomic E-state index is -0.873. The standard InChI is InChI=1S/C26H28N2O2/c1-3-15-28(16-4-2)20-12-9-18(10-13-20)17-19-11-14-22-24(26(29)30)21-7-5-6-8-23(21)27-25(19)22/h5-10,12-13,17H,3-4,11,14-16H2,1-2H3,(H,29,30)/b19-17-. The van der Waals surface area contributed by atoms with Gasteiger partial charge in [-0.1, -0.05) is 44.2 Å².